The van der Waals surface area contributed by atoms with Crippen molar-refractivity contribution in [2.24, 2.45) is 0 Å². The summed E-state index contributed by atoms with van der Waals surface area (Å²) >= 11 is 0. The van der Waals surface area contributed by atoms with Crippen LogP contribution >= 0.6 is 0 Å². The van der Waals surface area contributed by atoms with E-state index in [0.717, 1.165) is 31.1 Å². The second kappa shape index (κ2) is 6.67. The Morgan fingerprint density at radius 1 is 1.24 bits per heavy atom. The molecule has 0 spiro atoms. The molecule has 0 radical (unpaired) electrons. The molecule has 21 heavy (non-hydrogen) atoms. The smallest absolute Gasteiger partial charge is 0.250 e. The average Bonchev–Trinajstić information content (AvgIpc) is 3.03. The minimum Gasteiger partial charge on any atom is -0.336 e. The molecule has 1 aromatic carbocycles. The van der Waals surface area contributed by atoms with Gasteiger partial charge in [-0.05, 0) is 61.8 Å². The molecule has 1 aliphatic heterocycles. The summed E-state index contributed by atoms with van der Waals surface area (Å²) < 4.78 is 1.84. The fourth-order valence-corrected chi connectivity index (χ4v) is 2.97. The van der Waals surface area contributed by atoms with E-state index in [-0.39, 0.29) is 0 Å². The number of nitrogens with zero attached hydrogens (tertiary/aromatic N) is 5. The monoisotopic (exact) mass is 286 g/mol. The van der Waals surface area contributed by atoms with Crippen molar-refractivity contribution < 1.29 is 0 Å². The number of rotatable bonds is 5. The fraction of sp³-hybridized carbons (Fsp3) is 0.533. The SMILES string of the molecule is CNCCC1CCCCN1c1nnnn1-c1ccccc1. The van der Waals surface area contributed by atoms with E-state index in [4.69, 9.17) is 0 Å². The highest BCUT2D eigenvalue weighted by Crippen LogP contribution is 2.25. The third-order valence-electron chi connectivity index (χ3n) is 4.07. The number of aromatic nitrogens is 4. The van der Waals surface area contributed by atoms with Crippen LogP contribution < -0.4 is 10.2 Å². The molecule has 1 aliphatic rings. The van der Waals surface area contributed by atoms with Crippen LogP contribution in [0, 0.1) is 0 Å². The molecule has 1 N–H and O–H groups in total. The number of hydrogen-bond donors (Lipinski definition) is 1. The summed E-state index contributed by atoms with van der Waals surface area (Å²) in [5.74, 6) is 0.863. The highest BCUT2D eigenvalue weighted by Gasteiger charge is 2.26. The van der Waals surface area contributed by atoms with Gasteiger partial charge < -0.3 is 10.2 Å². The average molecular weight is 286 g/mol. The zero-order valence-electron chi connectivity index (χ0n) is 12.4. The highest BCUT2D eigenvalue weighted by atomic mass is 15.6. The summed E-state index contributed by atoms with van der Waals surface area (Å²) in [5.41, 5.74) is 1.01. The van der Waals surface area contributed by atoms with Crippen LogP contribution in [-0.4, -0.2) is 46.4 Å². The van der Waals surface area contributed by atoms with Gasteiger partial charge in [-0.25, -0.2) is 0 Å². The van der Waals surface area contributed by atoms with Crippen molar-refractivity contribution in [3.05, 3.63) is 30.3 Å². The Kier molecular flexibility index (Phi) is 4.45. The van der Waals surface area contributed by atoms with Gasteiger partial charge in [-0.3, -0.25) is 0 Å². The van der Waals surface area contributed by atoms with Crippen molar-refractivity contribution in [1.29, 1.82) is 0 Å². The molecule has 0 aliphatic carbocycles. The van der Waals surface area contributed by atoms with Crippen molar-refractivity contribution in [3.8, 4) is 5.69 Å². The molecule has 112 valence electrons. The maximum Gasteiger partial charge on any atom is 0.250 e. The van der Waals surface area contributed by atoms with E-state index < -0.39 is 0 Å². The van der Waals surface area contributed by atoms with Gasteiger partial charge in [-0.1, -0.05) is 23.3 Å². The first-order chi connectivity index (χ1) is 10.4. The summed E-state index contributed by atoms with van der Waals surface area (Å²) in [6, 6.07) is 10.6. The summed E-state index contributed by atoms with van der Waals surface area (Å²) in [4.78, 5) is 2.37. The van der Waals surface area contributed by atoms with Gasteiger partial charge in [0.05, 0.1) is 5.69 Å². The molecule has 1 aromatic heterocycles. The summed E-state index contributed by atoms with van der Waals surface area (Å²) in [7, 11) is 2.00. The lowest BCUT2D eigenvalue weighted by Crippen LogP contribution is -2.42. The predicted molar refractivity (Wildman–Crippen MR) is 82.7 cm³/mol. The van der Waals surface area contributed by atoms with Gasteiger partial charge in [0.2, 0.25) is 0 Å². The van der Waals surface area contributed by atoms with E-state index in [1.165, 1.54) is 19.3 Å². The van der Waals surface area contributed by atoms with Crippen molar-refractivity contribution in [2.45, 2.75) is 31.7 Å². The molecule has 3 rings (SSSR count). The summed E-state index contributed by atoms with van der Waals surface area (Å²) in [6.45, 7) is 2.05. The third kappa shape index (κ3) is 3.05. The molecule has 0 amide bonds. The van der Waals surface area contributed by atoms with Gasteiger partial charge in [-0.2, -0.15) is 4.68 Å². The molecule has 1 unspecified atom stereocenters. The van der Waals surface area contributed by atoms with E-state index in [1.807, 2.05) is 42.1 Å². The molecule has 6 heteroatoms. The standard InChI is InChI=1S/C15H22N6/c1-16-11-10-13-7-5-6-12-20(13)15-17-18-19-21(15)14-8-3-2-4-9-14/h2-4,8-9,13,16H,5-7,10-12H2,1H3. The van der Waals surface area contributed by atoms with Gasteiger partial charge in [0.15, 0.2) is 0 Å². The Labute approximate surface area is 125 Å². The Balaban J connectivity index is 1.87. The van der Waals surface area contributed by atoms with Crippen LogP contribution in [0.5, 0.6) is 0 Å². The zero-order valence-corrected chi connectivity index (χ0v) is 12.4. The maximum atomic E-state index is 4.28. The van der Waals surface area contributed by atoms with Crippen molar-refractivity contribution in [3.63, 3.8) is 0 Å². The first-order valence-electron chi connectivity index (χ1n) is 7.65. The Hall–Kier alpha value is -1.95. The largest absolute Gasteiger partial charge is 0.336 e. The Bertz CT molecular complexity index is 552. The molecule has 2 aromatic rings. The quantitative estimate of drug-likeness (QED) is 0.905. The van der Waals surface area contributed by atoms with Crippen LogP contribution in [0.3, 0.4) is 0 Å². The van der Waals surface area contributed by atoms with Gasteiger partial charge in [-0.15, -0.1) is 0 Å². The summed E-state index contributed by atoms with van der Waals surface area (Å²) in [6.07, 6.45) is 4.83. The van der Waals surface area contributed by atoms with E-state index in [0.29, 0.717) is 6.04 Å². The number of tetrazole rings is 1. The number of piperidine rings is 1. The van der Waals surface area contributed by atoms with Crippen LogP contribution in [0.4, 0.5) is 5.95 Å². The number of anilines is 1. The number of para-hydroxylation sites is 1. The molecule has 2 heterocycles. The van der Waals surface area contributed by atoms with E-state index in [2.05, 4.69) is 25.7 Å². The predicted octanol–water partition coefficient (Wildman–Crippen LogP) is 1.63. The third-order valence-corrected chi connectivity index (χ3v) is 4.07. The van der Waals surface area contributed by atoms with Crippen LogP contribution in [0.1, 0.15) is 25.7 Å². The van der Waals surface area contributed by atoms with Gasteiger partial charge >= 0.3 is 0 Å². The molecular weight excluding hydrogens is 264 g/mol. The molecule has 0 bridgehead atoms. The van der Waals surface area contributed by atoms with Crippen molar-refractivity contribution >= 4 is 5.95 Å². The van der Waals surface area contributed by atoms with Crippen LogP contribution in [-0.2, 0) is 0 Å². The Morgan fingerprint density at radius 2 is 2.10 bits per heavy atom. The van der Waals surface area contributed by atoms with Crippen LogP contribution in [0.2, 0.25) is 0 Å². The van der Waals surface area contributed by atoms with E-state index in [1.54, 1.807) is 0 Å². The normalized spacial score (nSPS) is 18.9. The highest BCUT2D eigenvalue weighted by molar-refractivity contribution is 5.41. The summed E-state index contributed by atoms with van der Waals surface area (Å²) in [5, 5.41) is 15.6. The van der Waals surface area contributed by atoms with Crippen LogP contribution in [0.15, 0.2) is 30.3 Å². The second-order valence-corrected chi connectivity index (χ2v) is 5.46. The molecular formula is C15H22N6. The molecule has 1 saturated heterocycles. The molecule has 6 nitrogen and oxygen atoms in total. The first kappa shape index (κ1) is 14.0. The topological polar surface area (TPSA) is 58.9 Å². The maximum absolute atomic E-state index is 4.28. The minimum atomic E-state index is 0.514. The number of nitrogens with one attached hydrogen (secondary N) is 1. The van der Waals surface area contributed by atoms with Gasteiger partial charge in [0, 0.05) is 12.6 Å². The molecule has 0 saturated carbocycles. The lowest BCUT2D eigenvalue weighted by molar-refractivity contribution is 0.425. The first-order valence-corrected chi connectivity index (χ1v) is 7.65. The minimum absolute atomic E-state index is 0.514. The number of hydrogen-bond acceptors (Lipinski definition) is 5. The Morgan fingerprint density at radius 3 is 2.90 bits per heavy atom. The fourth-order valence-electron chi connectivity index (χ4n) is 2.97. The lowest BCUT2D eigenvalue weighted by atomic mass is 10.00. The lowest BCUT2D eigenvalue weighted by Gasteiger charge is -2.36. The zero-order chi connectivity index (χ0) is 14.5. The van der Waals surface area contributed by atoms with Crippen molar-refractivity contribution in [2.75, 3.05) is 25.0 Å². The van der Waals surface area contributed by atoms with Gasteiger partial charge in [0.1, 0.15) is 0 Å². The van der Waals surface area contributed by atoms with E-state index >= 15 is 0 Å². The molecule has 1 fully saturated rings. The van der Waals surface area contributed by atoms with Gasteiger partial charge in [0.25, 0.3) is 5.95 Å². The molecule has 1 atom stereocenters. The van der Waals surface area contributed by atoms with E-state index in [9.17, 15) is 0 Å². The van der Waals surface area contributed by atoms with Crippen molar-refractivity contribution in [1.82, 2.24) is 25.5 Å². The second-order valence-electron chi connectivity index (χ2n) is 5.46. The number of benzene rings is 1. The van der Waals surface area contributed by atoms with Crippen LogP contribution in [0.25, 0.3) is 5.69 Å².